The molecule has 1 amide bonds. The minimum atomic E-state index is -0.264. The van der Waals surface area contributed by atoms with Crippen LogP contribution in [-0.2, 0) is 4.79 Å². The van der Waals surface area contributed by atoms with Crippen molar-refractivity contribution in [1.29, 1.82) is 0 Å². The molecule has 2 heterocycles. The van der Waals surface area contributed by atoms with Gasteiger partial charge in [-0.3, -0.25) is 9.78 Å². The Labute approximate surface area is 173 Å². The van der Waals surface area contributed by atoms with E-state index >= 15 is 0 Å². The molecule has 0 radical (unpaired) electrons. The van der Waals surface area contributed by atoms with E-state index in [9.17, 15) is 9.18 Å². The van der Waals surface area contributed by atoms with Crippen LogP contribution in [0.4, 0.5) is 21.5 Å². The molecular weight excluding hydrogens is 391 g/mol. The zero-order valence-corrected chi connectivity index (χ0v) is 16.6. The Bertz CT molecular complexity index is 1050. The standard InChI is InChI=1S/C22H22ClFN4O/c23-15-1-3-20(18(25)12-15)27-22(29)11-14-6-9-28(10-7-14)21-5-8-26-19-4-2-16(24)13-17(19)21/h1-5,8,12-14H,6-7,9-11,25H2,(H,27,29). The molecule has 0 atom stereocenters. The van der Waals surface area contributed by atoms with Crippen LogP contribution in [0.25, 0.3) is 10.9 Å². The highest BCUT2D eigenvalue weighted by molar-refractivity contribution is 6.31. The molecule has 29 heavy (non-hydrogen) atoms. The van der Waals surface area contributed by atoms with E-state index in [1.54, 1.807) is 30.5 Å². The van der Waals surface area contributed by atoms with E-state index in [2.05, 4.69) is 15.2 Å². The van der Waals surface area contributed by atoms with Crippen LogP contribution in [0, 0.1) is 11.7 Å². The molecule has 1 aromatic heterocycles. The maximum absolute atomic E-state index is 13.7. The molecule has 3 aromatic rings. The van der Waals surface area contributed by atoms with Crippen molar-refractivity contribution < 1.29 is 9.18 Å². The van der Waals surface area contributed by atoms with Gasteiger partial charge in [0.25, 0.3) is 0 Å². The van der Waals surface area contributed by atoms with E-state index < -0.39 is 0 Å². The third-order valence-electron chi connectivity index (χ3n) is 5.40. The first-order chi connectivity index (χ1) is 14.0. The Morgan fingerprint density at radius 2 is 2.00 bits per heavy atom. The summed E-state index contributed by atoms with van der Waals surface area (Å²) < 4.78 is 13.7. The Kier molecular flexibility index (Phi) is 5.53. The van der Waals surface area contributed by atoms with Gasteiger partial charge in [0.2, 0.25) is 5.91 Å². The number of anilines is 3. The molecule has 0 spiro atoms. The van der Waals surface area contributed by atoms with Crippen LogP contribution in [0.3, 0.4) is 0 Å². The largest absolute Gasteiger partial charge is 0.397 e. The highest BCUT2D eigenvalue weighted by atomic mass is 35.5. The predicted octanol–water partition coefficient (Wildman–Crippen LogP) is 4.85. The molecule has 3 N–H and O–H groups in total. The minimum Gasteiger partial charge on any atom is -0.397 e. The molecule has 0 unspecified atom stereocenters. The molecule has 7 heteroatoms. The van der Waals surface area contributed by atoms with Crippen LogP contribution in [0.5, 0.6) is 0 Å². The summed E-state index contributed by atoms with van der Waals surface area (Å²) in [7, 11) is 0. The van der Waals surface area contributed by atoms with E-state index in [-0.39, 0.29) is 11.7 Å². The second-order valence-electron chi connectivity index (χ2n) is 7.41. The number of nitrogen functional groups attached to an aromatic ring is 1. The number of halogens is 2. The van der Waals surface area contributed by atoms with Crippen LogP contribution < -0.4 is 16.0 Å². The van der Waals surface area contributed by atoms with Crippen LogP contribution in [-0.4, -0.2) is 24.0 Å². The van der Waals surface area contributed by atoms with E-state index in [0.29, 0.717) is 28.7 Å². The maximum atomic E-state index is 13.7. The molecule has 1 fully saturated rings. The van der Waals surface area contributed by atoms with Crippen molar-refractivity contribution in [1.82, 2.24) is 4.98 Å². The van der Waals surface area contributed by atoms with Crippen molar-refractivity contribution in [3.8, 4) is 0 Å². The van der Waals surface area contributed by atoms with Crippen molar-refractivity contribution in [2.75, 3.05) is 29.0 Å². The number of nitrogens with two attached hydrogens (primary N) is 1. The third-order valence-corrected chi connectivity index (χ3v) is 5.63. The molecule has 4 rings (SSSR count). The van der Waals surface area contributed by atoms with Crippen molar-refractivity contribution in [2.24, 2.45) is 5.92 Å². The summed E-state index contributed by atoms with van der Waals surface area (Å²) in [5.41, 5.74) is 8.72. The minimum absolute atomic E-state index is 0.0473. The Morgan fingerprint density at radius 1 is 1.21 bits per heavy atom. The number of aromatic nitrogens is 1. The first-order valence-electron chi connectivity index (χ1n) is 9.64. The quantitative estimate of drug-likeness (QED) is 0.600. The zero-order chi connectivity index (χ0) is 20.4. The highest BCUT2D eigenvalue weighted by Crippen LogP contribution is 2.31. The maximum Gasteiger partial charge on any atom is 0.224 e. The van der Waals surface area contributed by atoms with Gasteiger partial charge in [0, 0.05) is 41.8 Å². The summed E-state index contributed by atoms with van der Waals surface area (Å²) in [4.78, 5) is 19.0. The molecule has 150 valence electrons. The van der Waals surface area contributed by atoms with Gasteiger partial charge in [-0.05, 0) is 61.2 Å². The van der Waals surface area contributed by atoms with Gasteiger partial charge >= 0.3 is 0 Å². The van der Waals surface area contributed by atoms with Gasteiger partial charge < -0.3 is 16.0 Å². The fourth-order valence-corrected chi connectivity index (χ4v) is 4.05. The zero-order valence-electron chi connectivity index (χ0n) is 15.9. The number of hydrogen-bond donors (Lipinski definition) is 2. The molecule has 0 aliphatic carbocycles. The number of amides is 1. The van der Waals surface area contributed by atoms with Crippen molar-refractivity contribution in [3.05, 3.63) is 59.5 Å². The predicted molar refractivity (Wildman–Crippen MR) is 116 cm³/mol. The number of nitrogens with zero attached hydrogens (tertiary/aromatic N) is 2. The summed E-state index contributed by atoms with van der Waals surface area (Å²) in [6.07, 6.45) is 3.98. The van der Waals surface area contributed by atoms with Crippen LogP contribution >= 0.6 is 11.6 Å². The number of piperidine rings is 1. The monoisotopic (exact) mass is 412 g/mol. The number of carbonyl (C=O) groups excluding carboxylic acids is 1. The summed E-state index contributed by atoms with van der Waals surface area (Å²) in [5.74, 6) is -0.0155. The van der Waals surface area contributed by atoms with Crippen molar-refractivity contribution in [2.45, 2.75) is 19.3 Å². The fourth-order valence-electron chi connectivity index (χ4n) is 3.87. The number of nitrogens with one attached hydrogen (secondary N) is 1. The lowest BCUT2D eigenvalue weighted by atomic mass is 9.92. The number of carbonyl (C=O) groups is 1. The van der Waals surface area contributed by atoms with Gasteiger partial charge in [0.05, 0.1) is 16.9 Å². The molecule has 1 aliphatic heterocycles. The van der Waals surface area contributed by atoms with Gasteiger partial charge in [-0.25, -0.2) is 4.39 Å². The number of hydrogen-bond acceptors (Lipinski definition) is 4. The van der Waals surface area contributed by atoms with Crippen molar-refractivity contribution in [3.63, 3.8) is 0 Å². The lowest BCUT2D eigenvalue weighted by Crippen LogP contribution is -2.35. The average Bonchev–Trinajstić information content (AvgIpc) is 2.70. The van der Waals surface area contributed by atoms with E-state index in [4.69, 9.17) is 17.3 Å². The summed E-state index contributed by atoms with van der Waals surface area (Å²) in [5, 5.41) is 4.23. The lowest BCUT2D eigenvalue weighted by Gasteiger charge is -2.34. The van der Waals surface area contributed by atoms with Crippen molar-refractivity contribution >= 4 is 45.5 Å². The Morgan fingerprint density at radius 3 is 2.76 bits per heavy atom. The smallest absolute Gasteiger partial charge is 0.224 e. The first-order valence-corrected chi connectivity index (χ1v) is 10.0. The summed E-state index contributed by atoms with van der Waals surface area (Å²) in [6.45, 7) is 1.63. The van der Waals surface area contributed by atoms with Crippen LogP contribution in [0.2, 0.25) is 5.02 Å². The summed E-state index contributed by atoms with van der Waals surface area (Å²) in [6, 6.07) is 11.6. The van der Waals surface area contributed by atoms with Gasteiger partial charge in [-0.15, -0.1) is 0 Å². The van der Waals surface area contributed by atoms with Gasteiger partial charge in [-0.1, -0.05) is 11.6 Å². The second kappa shape index (κ2) is 8.25. The molecule has 1 aliphatic rings. The fraction of sp³-hybridized carbons (Fsp3) is 0.273. The molecule has 0 saturated carbocycles. The third kappa shape index (κ3) is 4.43. The van der Waals surface area contributed by atoms with Gasteiger partial charge in [0.1, 0.15) is 5.82 Å². The SMILES string of the molecule is Nc1cc(Cl)ccc1NC(=O)CC1CCN(c2ccnc3ccc(F)cc23)CC1. The second-order valence-corrected chi connectivity index (χ2v) is 7.84. The Hall–Kier alpha value is -2.86. The number of benzene rings is 2. The number of rotatable bonds is 4. The number of pyridine rings is 1. The van der Waals surface area contributed by atoms with Crippen LogP contribution in [0.15, 0.2) is 48.7 Å². The molecular formula is C22H22ClFN4O. The topological polar surface area (TPSA) is 71.2 Å². The van der Waals surface area contributed by atoms with E-state index in [1.807, 2.05) is 6.07 Å². The Balaban J connectivity index is 1.37. The molecule has 2 aromatic carbocycles. The average molecular weight is 413 g/mol. The van der Waals surface area contributed by atoms with Gasteiger partial charge in [-0.2, -0.15) is 0 Å². The highest BCUT2D eigenvalue weighted by Gasteiger charge is 2.23. The van der Waals surface area contributed by atoms with E-state index in [1.165, 1.54) is 12.1 Å². The van der Waals surface area contributed by atoms with E-state index in [0.717, 1.165) is 42.5 Å². The summed E-state index contributed by atoms with van der Waals surface area (Å²) >= 11 is 5.90. The van der Waals surface area contributed by atoms with Crippen LogP contribution in [0.1, 0.15) is 19.3 Å². The first kappa shape index (κ1) is 19.5. The lowest BCUT2D eigenvalue weighted by molar-refractivity contribution is -0.117. The molecule has 0 bridgehead atoms. The van der Waals surface area contributed by atoms with Gasteiger partial charge in [0.15, 0.2) is 0 Å². The molecule has 1 saturated heterocycles. The number of fused-ring (bicyclic) bond motifs is 1. The molecule has 5 nitrogen and oxygen atoms in total. The normalized spacial score (nSPS) is 14.9.